The Kier molecular flexibility index (Phi) is 13.9. The van der Waals surface area contributed by atoms with Gasteiger partial charge in [-0.25, -0.2) is 0 Å². The maximum atomic E-state index is 13.2. The fourth-order valence-electron chi connectivity index (χ4n) is 4.91. The fourth-order valence-corrected chi connectivity index (χ4v) is 5.69. The summed E-state index contributed by atoms with van der Waals surface area (Å²) in [5, 5.41) is 5.07. The number of benzene rings is 2. The summed E-state index contributed by atoms with van der Waals surface area (Å²) >= 11 is 1.64. The van der Waals surface area contributed by atoms with Crippen LogP contribution in [0.4, 0.5) is 5.69 Å². The Labute approximate surface area is 245 Å². The molecule has 40 heavy (non-hydrogen) atoms. The van der Waals surface area contributed by atoms with Crippen LogP contribution in [0.25, 0.3) is 0 Å². The van der Waals surface area contributed by atoms with E-state index in [1.54, 1.807) is 23.5 Å². The second-order valence-corrected chi connectivity index (χ2v) is 11.5. The molecule has 216 valence electrons. The maximum Gasteiger partial charge on any atom is 0.256 e. The molecular formula is C34H47N2O3S+. The first kappa shape index (κ1) is 31.5. The number of aryl methyl sites for hydroxylation is 1. The largest absolute Gasteiger partial charge is 0.493 e. The minimum Gasteiger partial charge on any atom is -0.493 e. The summed E-state index contributed by atoms with van der Waals surface area (Å²) in [7, 11) is 0. The van der Waals surface area contributed by atoms with Crippen molar-refractivity contribution in [2.24, 2.45) is 0 Å². The number of Topliss-reactive ketones (excluding diaryl/α,β-unsaturated/α-hetero) is 1. The molecule has 6 heteroatoms. The molecule has 3 rings (SSSR count). The number of ketones is 1. The lowest BCUT2D eigenvalue weighted by Crippen LogP contribution is -2.35. The lowest BCUT2D eigenvalue weighted by atomic mass is 10.1. The molecule has 0 aliphatic rings. The highest BCUT2D eigenvalue weighted by Gasteiger charge is 2.17. The van der Waals surface area contributed by atoms with Crippen molar-refractivity contribution in [2.75, 3.05) is 11.9 Å². The average molecular weight is 564 g/mol. The van der Waals surface area contributed by atoms with E-state index in [-0.39, 0.29) is 11.7 Å². The van der Waals surface area contributed by atoms with Gasteiger partial charge in [0.25, 0.3) is 5.91 Å². The summed E-state index contributed by atoms with van der Waals surface area (Å²) in [5.74, 6) is 0.313. The van der Waals surface area contributed by atoms with Crippen LogP contribution in [0.1, 0.15) is 123 Å². The molecule has 0 spiro atoms. The van der Waals surface area contributed by atoms with Gasteiger partial charge in [-0.15, -0.1) is 0 Å². The molecule has 0 radical (unpaired) electrons. The van der Waals surface area contributed by atoms with Crippen molar-refractivity contribution in [2.45, 2.75) is 104 Å². The number of nitrogens with zero attached hydrogens (tertiary/aromatic N) is 1. The van der Waals surface area contributed by atoms with Gasteiger partial charge in [-0.2, -0.15) is 4.57 Å². The lowest BCUT2D eigenvalue weighted by molar-refractivity contribution is -0.689. The zero-order valence-electron chi connectivity index (χ0n) is 24.7. The third-order valence-corrected chi connectivity index (χ3v) is 8.21. The summed E-state index contributed by atoms with van der Waals surface area (Å²) in [5.41, 5.74) is 5.86. The fraction of sp³-hybridized carbons (Fsp3) is 0.500. The Hall–Kier alpha value is -2.99. The highest BCUT2D eigenvalue weighted by molar-refractivity contribution is 7.07. The molecule has 0 saturated heterocycles. The number of rotatable bonds is 19. The van der Waals surface area contributed by atoms with E-state index in [2.05, 4.69) is 34.6 Å². The Morgan fingerprint density at radius 3 is 2.12 bits per heavy atom. The molecule has 5 nitrogen and oxygen atoms in total. The summed E-state index contributed by atoms with van der Waals surface area (Å²) in [6.45, 7) is 7.08. The van der Waals surface area contributed by atoms with Gasteiger partial charge in [-0.1, -0.05) is 107 Å². The highest BCUT2D eigenvalue weighted by atomic mass is 32.1. The zero-order valence-corrected chi connectivity index (χ0v) is 25.5. The van der Waals surface area contributed by atoms with Crippen LogP contribution in [0.5, 0.6) is 5.75 Å². The Morgan fingerprint density at radius 2 is 1.50 bits per heavy atom. The molecule has 0 fully saturated rings. The lowest BCUT2D eigenvalue weighted by Gasteiger charge is -2.13. The Morgan fingerprint density at radius 1 is 0.850 bits per heavy atom. The normalized spacial score (nSPS) is 11.0. The van der Waals surface area contributed by atoms with Crippen LogP contribution in [-0.2, 0) is 6.54 Å². The smallest absolute Gasteiger partial charge is 0.256 e. The van der Waals surface area contributed by atoms with E-state index < -0.39 is 0 Å². The van der Waals surface area contributed by atoms with Crippen molar-refractivity contribution >= 4 is 28.7 Å². The van der Waals surface area contributed by atoms with Gasteiger partial charge in [0, 0.05) is 23.7 Å². The number of nitrogens with one attached hydrogen (secondary N) is 1. The Balaban J connectivity index is 1.44. The van der Waals surface area contributed by atoms with E-state index in [4.69, 9.17) is 4.74 Å². The number of carbonyl (C=O) groups excluding carboxylic acids is 2. The molecule has 0 atom stereocenters. The van der Waals surface area contributed by atoms with E-state index in [1.165, 1.54) is 71.1 Å². The molecular weight excluding hydrogens is 516 g/mol. The molecule has 3 aromatic rings. The van der Waals surface area contributed by atoms with Crippen LogP contribution in [0, 0.1) is 6.92 Å². The van der Waals surface area contributed by atoms with Crippen molar-refractivity contribution in [1.29, 1.82) is 0 Å². The van der Waals surface area contributed by atoms with Crippen LogP contribution < -0.4 is 14.6 Å². The van der Waals surface area contributed by atoms with Crippen LogP contribution in [0.3, 0.4) is 0 Å². The highest BCUT2D eigenvalue weighted by Crippen LogP contribution is 2.25. The zero-order chi connectivity index (χ0) is 28.6. The van der Waals surface area contributed by atoms with Gasteiger partial charge in [0.15, 0.2) is 18.0 Å². The minimum absolute atomic E-state index is 0.0782. The molecule has 0 unspecified atom stereocenters. The first-order chi connectivity index (χ1) is 19.5. The predicted octanol–water partition coefficient (Wildman–Crippen LogP) is 8.93. The quantitative estimate of drug-likeness (QED) is 0.0900. The molecule has 2 aromatic carbocycles. The van der Waals surface area contributed by atoms with Gasteiger partial charge in [-0.3, -0.25) is 9.59 Å². The summed E-state index contributed by atoms with van der Waals surface area (Å²) in [4.78, 5) is 25.6. The van der Waals surface area contributed by atoms with Crippen molar-refractivity contribution in [3.63, 3.8) is 0 Å². The first-order valence-electron chi connectivity index (χ1n) is 15.1. The number of aromatic nitrogens is 1. The molecule has 0 bridgehead atoms. The first-order valence-corrected chi connectivity index (χ1v) is 16.0. The standard InChI is InChI=1S/C34H46N2O3S/c1-4-5-6-7-8-9-10-11-12-13-14-17-22-39-33-21-20-30(23-32(33)28(3)37)35-34(38)31-19-16-15-18-29(31)24-36-26-40-25-27(36)2/h15-16,18-21,23,25-26H,4-14,17,22,24H2,1-3H3/p+1. The van der Waals surface area contributed by atoms with E-state index in [9.17, 15) is 9.59 Å². The predicted molar refractivity (Wildman–Crippen MR) is 166 cm³/mol. The summed E-state index contributed by atoms with van der Waals surface area (Å²) < 4.78 is 8.12. The Bertz CT molecular complexity index is 1200. The minimum atomic E-state index is -0.191. The number of ether oxygens (including phenoxy) is 1. The molecule has 0 saturated carbocycles. The number of amides is 1. The molecule has 1 aromatic heterocycles. The van der Waals surface area contributed by atoms with Gasteiger partial charge < -0.3 is 10.1 Å². The third-order valence-electron chi connectivity index (χ3n) is 7.35. The van der Waals surface area contributed by atoms with Gasteiger partial charge in [-0.05, 0) is 37.6 Å². The van der Waals surface area contributed by atoms with Crippen molar-refractivity contribution in [1.82, 2.24) is 0 Å². The van der Waals surface area contributed by atoms with Gasteiger partial charge in [0.2, 0.25) is 5.51 Å². The van der Waals surface area contributed by atoms with Gasteiger partial charge in [0.05, 0.1) is 17.6 Å². The van der Waals surface area contributed by atoms with Crippen molar-refractivity contribution in [3.8, 4) is 5.75 Å². The average Bonchev–Trinajstić information content (AvgIpc) is 3.35. The van der Waals surface area contributed by atoms with Crippen LogP contribution in [0.15, 0.2) is 53.4 Å². The third kappa shape index (κ3) is 10.5. The topological polar surface area (TPSA) is 59.3 Å². The molecule has 1 heterocycles. The molecule has 1 N–H and O–H groups in total. The number of anilines is 1. The summed E-state index contributed by atoms with van der Waals surface area (Å²) in [6.07, 6.45) is 15.6. The molecule has 1 amide bonds. The van der Waals surface area contributed by atoms with Crippen LogP contribution in [-0.4, -0.2) is 18.3 Å². The SMILES string of the molecule is CCCCCCCCCCCCCCOc1ccc(NC(=O)c2ccccc2C[n+]2cscc2C)cc1C(C)=O. The summed E-state index contributed by atoms with van der Waals surface area (Å²) in [6, 6.07) is 13.0. The van der Waals surface area contributed by atoms with Gasteiger partial charge in [0.1, 0.15) is 5.75 Å². The van der Waals surface area contributed by atoms with Crippen molar-refractivity contribution < 1.29 is 18.9 Å². The number of unbranched alkanes of at least 4 members (excludes halogenated alkanes) is 11. The van der Waals surface area contributed by atoms with Crippen LogP contribution in [0.2, 0.25) is 0 Å². The number of hydrogen-bond acceptors (Lipinski definition) is 4. The van der Waals surface area contributed by atoms with E-state index >= 15 is 0 Å². The second-order valence-electron chi connectivity index (χ2n) is 10.7. The maximum absolute atomic E-state index is 13.2. The monoisotopic (exact) mass is 563 g/mol. The molecule has 0 aliphatic heterocycles. The number of hydrogen-bond donors (Lipinski definition) is 1. The van der Waals surface area contributed by atoms with E-state index in [1.807, 2.05) is 30.3 Å². The van der Waals surface area contributed by atoms with E-state index in [0.717, 1.165) is 24.1 Å². The van der Waals surface area contributed by atoms with Gasteiger partial charge >= 0.3 is 0 Å². The number of thiazole rings is 1. The van der Waals surface area contributed by atoms with E-state index in [0.29, 0.717) is 35.7 Å². The second kappa shape index (κ2) is 17.6. The molecule has 0 aliphatic carbocycles. The van der Waals surface area contributed by atoms with Crippen molar-refractivity contribution in [3.05, 3.63) is 75.7 Å². The number of carbonyl (C=O) groups is 2. The van der Waals surface area contributed by atoms with Crippen LogP contribution >= 0.6 is 11.3 Å².